The summed E-state index contributed by atoms with van der Waals surface area (Å²) in [6.07, 6.45) is 10.1. The molecule has 1 fully saturated rings. The molecule has 0 unspecified atom stereocenters. The molecule has 1 aliphatic rings. The molecule has 1 rings (SSSR count). The SMILES string of the molecule is CCOC1(OCC)CCCCCCCC1. The summed E-state index contributed by atoms with van der Waals surface area (Å²) in [5, 5.41) is 0. The van der Waals surface area contributed by atoms with Gasteiger partial charge >= 0.3 is 0 Å². The molecule has 0 aromatic rings. The molecular weight excluding hydrogens is 188 g/mol. The topological polar surface area (TPSA) is 18.5 Å². The van der Waals surface area contributed by atoms with Crippen molar-refractivity contribution in [3.05, 3.63) is 0 Å². The highest BCUT2D eigenvalue weighted by molar-refractivity contribution is 4.72. The fourth-order valence-electron chi connectivity index (χ4n) is 2.48. The lowest BCUT2D eigenvalue weighted by Crippen LogP contribution is -2.36. The van der Waals surface area contributed by atoms with Crippen LogP contribution >= 0.6 is 0 Å². The van der Waals surface area contributed by atoms with Gasteiger partial charge in [0.25, 0.3) is 0 Å². The summed E-state index contributed by atoms with van der Waals surface area (Å²) in [7, 11) is 0. The van der Waals surface area contributed by atoms with Gasteiger partial charge in [-0.15, -0.1) is 0 Å². The third-order valence-electron chi connectivity index (χ3n) is 3.18. The zero-order valence-corrected chi connectivity index (χ0v) is 10.4. The van der Waals surface area contributed by atoms with Crippen LogP contribution in [0.1, 0.15) is 65.2 Å². The van der Waals surface area contributed by atoms with Crippen LogP contribution < -0.4 is 0 Å². The van der Waals surface area contributed by atoms with Crippen molar-refractivity contribution in [1.29, 1.82) is 0 Å². The van der Waals surface area contributed by atoms with Gasteiger partial charge in [0, 0.05) is 26.1 Å². The maximum atomic E-state index is 5.88. The lowest BCUT2D eigenvalue weighted by atomic mass is 10.0. The fraction of sp³-hybridized carbons (Fsp3) is 1.00. The van der Waals surface area contributed by atoms with Crippen LogP contribution in [-0.4, -0.2) is 19.0 Å². The summed E-state index contributed by atoms with van der Waals surface area (Å²) in [4.78, 5) is 0. The molecule has 0 spiro atoms. The summed E-state index contributed by atoms with van der Waals surface area (Å²) in [6.45, 7) is 5.65. The largest absolute Gasteiger partial charge is 0.350 e. The Morgan fingerprint density at radius 3 is 1.53 bits per heavy atom. The first-order valence-electron chi connectivity index (χ1n) is 6.61. The van der Waals surface area contributed by atoms with Crippen LogP contribution in [-0.2, 0) is 9.47 Å². The molecule has 0 N–H and O–H groups in total. The Balaban J connectivity index is 2.53. The summed E-state index contributed by atoms with van der Waals surface area (Å²) in [5.41, 5.74) is 0. The Morgan fingerprint density at radius 1 is 0.733 bits per heavy atom. The lowest BCUT2D eigenvalue weighted by Gasteiger charge is -2.33. The van der Waals surface area contributed by atoms with Crippen LogP contribution in [0.3, 0.4) is 0 Å². The Bertz CT molecular complexity index is 139. The van der Waals surface area contributed by atoms with Crippen LogP contribution in [0.4, 0.5) is 0 Å². The van der Waals surface area contributed by atoms with Gasteiger partial charge in [-0.2, -0.15) is 0 Å². The first-order valence-corrected chi connectivity index (χ1v) is 6.61. The Labute approximate surface area is 94.3 Å². The van der Waals surface area contributed by atoms with E-state index in [-0.39, 0.29) is 5.79 Å². The van der Waals surface area contributed by atoms with Gasteiger partial charge in [0.2, 0.25) is 0 Å². The third kappa shape index (κ3) is 4.52. The van der Waals surface area contributed by atoms with E-state index in [1.54, 1.807) is 0 Å². The molecule has 2 heteroatoms. The van der Waals surface area contributed by atoms with Crippen molar-refractivity contribution in [1.82, 2.24) is 0 Å². The van der Waals surface area contributed by atoms with E-state index in [0.29, 0.717) is 0 Å². The summed E-state index contributed by atoms with van der Waals surface area (Å²) in [6, 6.07) is 0. The van der Waals surface area contributed by atoms with Crippen LogP contribution in [0.25, 0.3) is 0 Å². The third-order valence-corrected chi connectivity index (χ3v) is 3.18. The van der Waals surface area contributed by atoms with Crippen molar-refractivity contribution in [3.8, 4) is 0 Å². The quantitative estimate of drug-likeness (QED) is 0.661. The minimum Gasteiger partial charge on any atom is -0.350 e. The molecule has 0 heterocycles. The second-order valence-corrected chi connectivity index (χ2v) is 4.40. The van der Waals surface area contributed by atoms with E-state index in [0.717, 1.165) is 26.1 Å². The van der Waals surface area contributed by atoms with E-state index in [1.165, 1.54) is 38.5 Å². The zero-order valence-electron chi connectivity index (χ0n) is 10.4. The first-order chi connectivity index (χ1) is 7.33. The minimum absolute atomic E-state index is 0.256. The smallest absolute Gasteiger partial charge is 0.168 e. The van der Waals surface area contributed by atoms with Gasteiger partial charge in [0.1, 0.15) is 0 Å². The molecule has 0 bridgehead atoms. The molecule has 0 aliphatic heterocycles. The predicted molar refractivity (Wildman–Crippen MR) is 62.9 cm³/mol. The summed E-state index contributed by atoms with van der Waals surface area (Å²) >= 11 is 0. The van der Waals surface area contributed by atoms with E-state index >= 15 is 0 Å². The number of hydrogen-bond acceptors (Lipinski definition) is 2. The average Bonchev–Trinajstić information content (AvgIpc) is 2.32. The summed E-state index contributed by atoms with van der Waals surface area (Å²) < 4.78 is 11.8. The normalized spacial score (nSPS) is 22.8. The van der Waals surface area contributed by atoms with Gasteiger partial charge in [0.15, 0.2) is 5.79 Å². The van der Waals surface area contributed by atoms with Crippen LogP contribution in [0.5, 0.6) is 0 Å². The second kappa shape index (κ2) is 7.24. The highest BCUT2D eigenvalue weighted by atomic mass is 16.7. The van der Waals surface area contributed by atoms with E-state index < -0.39 is 0 Å². The van der Waals surface area contributed by atoms with Gasteiger partial charge in [-0.05, 0) is 26.7 Å². The van der Waals surface area contributed by atoms with Crippen molar-refractivity contribution in [2.24, 2.45) is 0 Å². The Kier molecular flexibility index (Phi) is 6.26. The molecular formula is C13H26O2. The van der Waals surface area contributed by atoms with Crippen molar-refractivity contribution < 1.29 is 9.47 Å². The van der Waals surface area contributed by atoms with Crippen molar-refractivity contribution in [2.75, 3.05) is 13.2 Å². The average molecular weight is 214 g/mol. The fourth-order valence-corrected chi connectivity index (χ4v) is 2.48. The van der Waals surface area contributed by atoms with Gasteiger partial charge in [-0.3, -0.25) is 0 Å². The molecule has 1 aliphatic carbocycles. The van der Waals surface area contributed by atoms with Crippen molar-refractivity contribution in [3.63, 3.8) is 0 Å². The van der Waals surface area contributed by atoms with Crippen molar-refractivity contribution in [2.45, 2.75) is 71.0 Å². The van der Waals surface area contributed by atoms with Crippen LogP contribution in [0, 0.1) is 0 Å². The first kappa shape index (κ1) is 13.0. The zero-order chi connectivity index (χ0) is 11.0. The Hall–Kier alpha value is -0.0800. The maximum Gasteiger partial charge on any atom is 0.168 e. The summed E-state index contributed by atoms with van der Waals surface area (Å²) in [5.74, 6) is -0.256. The molecule has 0 aromatic heterocycles. The van der Waals surface area contributed by atoms with Crippen molar-refractivity contribution >= 4 is 0 Å². The molecule has 0 saturated heterocycles. The van der Waals surface area contributed by atoms with Gasteiger partial charge in [0.05, 0.1) is 0 Å². The highest BCUT2D eigenvalue weighted by Gasteiger charge is 2.30. The maximum absolute atomic E-state index is 5.88. The molecule has 0 radical (unpaired) electrons. The van der Waals surface area contributed by atoms with Gasteiger partial charge in [-0.1, -0.05) is 25.7 Å². The van der Waals surface area contributed by atoms with E-state index in [1.807, 2.05) is 0 Å². The Morgan fingerprint density at radius 2 is 1.13 bits per heavy atom. The van der Waals surface area contributed by atoms with E-state index in [9.17, 15) is 0 Å². The molecule has 0 aromatic carbocycles. The highest BCUT2D eigenvalue weighted by Crippen LogP contribution is 2.30. The minimum atomic E-state index is -0.256. The van der Waals surface area contributed by atoms with E-state index in [2.05, 4.69) is 13.8 Å². The van der Waals surface area contributed by atoms with E-state index in [4.69, 9.17) is 9.47 Å². The standard InChI is InChI=1S/C13H26O2/c1-3-14-13(15-4-2)11-9-7-5-6-8-10-12-13/h3-12H2,1-2H3. The monoisotopic (exact) mass is 214 g/mol. The van der Waals surface area contributed by atoms with Gasteiger partial charge in [-0.25, -0.2) is 0 Å². The second-order valence-electron chi connectivity index (χ2n) is 4.40. The predicted octanol–water partition coefficient (Wildman–Crippen LogP) is 3.89. The molecule has 0 atom stereocenters. The lowest BCUT2D eigenvalue weighted by molar-refractivity contribution is -0.241. The molecule has 0 amide bonds. The number of rotatable bonds is 4. The molecule has 90 valence electrons. The molecule has 1 saturated carbocycles. The molecule has 15 heavy (non-hydrogen) atoms. The van der Waals surface area contributed by atoms with Gasteiger partial charge < -0.3 is 9.47 Å². The van der Waals surface area contributed by atoms with Crippen LogP contribution in [0.2, 0.25) is 0 Å². The van der Waals surface area contributed by atoms with Crippen LogP contribution in [0.15, 0.2) is 0 Å². The molecule has 2 nitrogen and oxygen atoms in total. The number of hydrogen-bond donors (Lipinski definition) is 0. The number of ether oxygens (including phenoxy) is 2.